The zero-order valence-corrected chi connectivity index (χ0v) is 15.6. The molecule has 1 aromatic heterocycles. The number of methoxy groups -OCH3 is 2. The van der Waals surface area contributed by atoms with Crippen molar-refractivity contribution in [3.63, 3.8) is 0 Å². The zero-order chi connectivity index (χ0) is 18.0. The molecular weight excluding hydrogens is 359 g/mol. The molecule has 128 valence electrons. The van der Waals surface area contributed by atoms with Crippen LogP contribution in [0.15, 0.2) is 52.9 Å². The summed E-state index contributed by atoms with van der Waals surface area (Å²) in [4.78, 5) is 0. The highest BCUT2D eigenvalue weighted by Gasteiger charge is 2.18. The molecule has 0 saturated carbocycles. The van der Waals surface area contributed by atoms with Crippen molar-refractivity contribution in [2.75, 3.05) is 14.2 Å². The van der Waals surface area contributed by atoms with Crippen molar-refractivity contribution < 1.29 is 13.9 Å². The van der Waals surface area contributed by atoms with Crippen LogP contribution in [0, 0.1) is 6.92 Å². The largest absolute Gasteiger partial charge is 0.495 e. The van der Waals surface area contributed by atoms with Gasteiger partial charge in [0.1, 0.15) is 11.5 Å². The van der Waals surface area contributed by atoms with E-state index in [9.17, 15) is 0 Å². The Labute approximate surface area is 156 Å². The molecule has 0 aliphatic heterocycles. The summed E-state index contributed by atoms with van der Waals surface area (Å²) in [6.07, 6.45) is 0. The zero-order valence-electron chi connectivity index (χ0n) is 14.1. The maximum Gasteiger partial charge on any atom is 0.360 e. The molecule has 0 N–H and O–H groups in total. The minimum absolute atomic E-state index is 0.533. The third kappa shape index (κ3) is 3.73. The lowest BCUT2D eigenvalue weighted by Crippen LogP contribution is -1.88. The van der Waals surface area contributed by atoms with Gasteiger partial charge < -0.3 is 9.47 Å². The number of rotatable bonds is 4. The summed E-state index contributed by atoms with van der Waals surface area (Å²) in [5, 5.41) is 1.10. The second-order valence-electron chi connectivity index (χ2n) is 5.52. The van der Waals surface area contributed by atoms with Crippen molar-refractivity contribution in [1.29, 1.82) is 0 Å². The molecule has 0 spiro atoms. The van der Waals surface area contributed by atoms with Crippen molar-refractivity contribution in [1.82, 2.24) is 0 Å². The van der Waals surface area contributed by atoms with Gasteiger partial charge >= 0.3 is 11.5 Å². The normalized spacial score (nSPS) is 10.6. The molecule has 0 aliphatic carbocycles. The molecule has 0 bridgehead atoms. The summed E-state index contributed by atoms with van der Waals surface area (Å²) < 4.78 is 16.3. The fourth-order valence-corrected chi connectivity index (χ4v) is 3.12. The predicted molar refractivity (Wildman–Crippen MR) is 102 cm³/mol. The lowest BCUT2D eigenvalue weighted by molar-refractivity contribution is 0.415. The fourth-order valence-electron chi connectivity index (χ4n) is 2.61. The molecule has 0 fully saturated rings. The molecular formula is C20H17Cl2O3+. The van der Waals surface area contributed by atoms with Crippen LogP contribution in [-0.4, -0.2) is 14.2 Å². The number of halogens is 2. The number of hydrogen-bond donors (Lipinski definition) is 0. The molecule has 5 heteroatoms. The first-order chi connectivity index (χ1) is 12.0. The van der Waals surface area contributed by atoms with Crippen LogP contribution in [0.25, 0.3) is 22.5 Å². The van der Waals surface area contributed by atoms with Crippen LogP contribution in [0.5, 0.6) is 11.5 Å². The van der Waals surface area contributed by atoms with Crippen LogP contribution >= 0.6 is 23.2 Å². The highest BCUT2D eigenvalue weighted by molar-refractivity contribution is 6.32. The summed E-state index contributed by atoms with van der Waals surface area (Å²) in [6, 6.07) is 15.2. The van der Waals surface area contributed by atoms with E-state index in [1.54, 1.807) is 14.2 Å². The number of benzene rings is 2. The van der Waals surface area contributed by atoms with Crippen molar-refractivity contribution in [3.05, 3.63) is 64.3 Å². The predicted octanol–water partition coefficient (Wildman–Crippen LogP) is 6.53. The van der Waals surface area contributed by atoms with E-state index in [0.29, 0.717) is 27.3 Å². The minimum atomic E-state index is 0.533. The van der Waals surface area contributed by atoms with Gasteiger partial charge in [-0.05, 0) is 35.9 Å². The quantitative estimate of drug-likeness (QED) is 0.485. The van der Waals surface area contributed by atoms with E-state index in [4.69, 9.17) is 37.1 Å². The summed E-state index contributed by atoms with van der Waals surface area (Å²) in [7, 11) is 3.18. The van der Waals surface area contributed by atoms with Gasteiger partial charge in [-0.15, -0.1) is 0 Å². The van der Waals surface area contributed by atoms with Gasteiger partial charge in [0.25, 0.3) is 0 Å². The third-order valence-electron chi connectivity index (χ3n) is 3.84. The van der Waals surface area contributed by atoms with E-state index in [2.05, 4.69) is 0 Å². The van der Waals surface area contributed by atoms with Crippen molar-refractivity contribution in [2.45, 2.75) is 6.92 Å². The van der Waals surface area contributed by atoms with Gasteiger partial charge in [0, 0.05) is 11.6 Å². The Morgan fingerprint density at radius 1 is 0.720 bits per heavy atom. The average molecular weight is 376 g/mol. The molecule has 0 saturated heterocycles. The first kappa shape index (κ1) is 17.6. The molecule has 0 aliphatic rings. The number of aryl methyl sites for hydroxylation is 1. The van der Waals surface area contributed by atoms with Gasteiger partial charge in [0.05, 0.1) is 42.8 Å². The van der Waals surface area contributed by atoms with Gasteiger partial charge in [-0.25, -0.2) is 4.42 Å². The Morgan fingerprint density at radius 2 is 1.28 bits per heavy atom. The monoisotopic (exact) mass is 375 g/mol. The van der Waals surface area contributed by atoms with Crippen LogP contribution in [0.4, 0.5) is 0 Å². The second kappa shape index (κ2) is 7.34. The van der Waals surface area contributed by atoms with Crippen molar-refractivity contribution in [2.24, 2.45) is 0 Å². The first-order valence-corrected chi connectivity index (χ1v) is 8.40. The van der Waals surface area contributed by atoms with Crippen LogP contribution < -0.4 is 9.47 Å². The van der Waals surface area contributed by atoms with E-state index in [1.165, 1.54) is 0 Å². The van der Waals surface area contributed by atoms with Gasteiger partial charge in [-0.2, -0.15) is 0 Å². The average Bonchev–Trinajstić information content (AvgIpc) is 2.61. The van der Waals surface area contributed by atoms with Crippen molar-refractivity contribution >= 4 is 23.2 Å². The van der Waals surface area contributed by atoms with Gasteiger partial charge in [0.2, 0.25) is 0 Å². The molecule has 3 rings (SSSR count). The molecule has 0 amide bonds. The molecule has 1 heterocycles. The Morgan fingerprint density at radius 3 is 1.84 bits per heavy atom. The SMILES string of the molecule is COc1ccc(-c2cc(C)[o+]c(-c3ccc(OC)c(Cl)c3)c2)cc1Cl. The Kier molecular flexibility index (Phi) is 5.16. The number of ether oxygens (including phenoxy) is 2. The Balaban J connectivity index is 2.06. The molecule has 2 aromatic carbocycles. The maximum absolute atomic E-state index is 6.25. The number of hydrogen-bond acceptors (Lipinski definition) is 2. The molecule has 3 nitrogen and oxygen atoms in total. The Hall–Kier alpha value is -2.23. The smallest absolute Gasteiger partial charge is 0.360 e. The van der Waals surface area contributed by atoms with E-state index >= 15 is 0 Å². The van der Waals surface area contributed by atoms with Crippen LogP contribution in [0.2, 0.25) is 10.0 Å². The summed E-state index contributed by atoms with van der Waals surface area (Å²) >= 11 is 12.5. The summed E-state index contributed by atoms with van der Waals surface area (Å²) in [5.41, 5.74) is 2.84. The van der Waals surface area contributed by atoms with Gasteiger partial charge in [-0.1, -0.05) is 29.3 Å². The van der Waals surface area contributed by atoms with Crippen LogP contribution in [-0.2, 0) is 0 Å². The second-order valence-corrected chi connectivity index (χ2v) is 6.33. The molecule has 25 heavy (non-hydrogen) atoms. The van der Waals surface area contributed by atoms with Crippen LogP contribution in [0.1, 0.15) is 5.76 Å². The topological polar surface area (TPSA) is 29.8 Å². The standard InChI is InChI=1S/C20H17Cl2O3/c1-12-8-15(13-4-6-18(23-2)16(21)9-13)11-20(25-12)14-5-7-19(24-3)17(22)10-14/h4-11H,1-3H3/q+1. The molecule has 3 aromatic rings. The Bertz CT molecular complexity index is 851. The van der Waals surface area contributed by atoms with E-state index in [-0.39, 0.29) is 0 Å². The van der Waals surface area contributed by atoms with Gasteiger partial charge in [-0.3, -0.25) is 0 Å². The summed E-state index contributed by atoms with van der Waals surface area (Å²) in [6.45, 7) is 1.91. The first-order valence-electron chi connectivity index (χ1n) is 7.64. The highest BCUT2D eigenvalue weighted by Crippen LogP contribution is 2.35. The lowest BCUT2D eigenvalue weighted by atomic mass is 10.0. The lowest BCUT2D eigenvalue weighted by Gasteiger charge is -2.06. The molecule has 0 atom stereocenters. The van der Waals surface area contributed by atoms with Gasteiger partial charge in [0.15, 0.2) is 0 Å². The highest BCUT2D eigenvalue weighted by atomic mass is 35.5. The fraction of sp³-hybridized carbons (Fsp3) is 0.150. The van der Waals surface area contributed by atoms with Crippen LogP contribution in [0.3, 0.4) is 0 Å². The molecule has 0 unspecified atom stereocenters. The molecule has 0 radical (unpaired) electrons. The third-order valence-corrected chi connectivity index (χ3v) is 4.43. The van der Waals surface area contributed by atoms with E-state index in [1.807, 2.05) is 55.5 Å². The maximum atomic E-state index is 6.25. The minimum Gasteiger partial charge on any atom is -0.495 e. The van der Waals surface area contributed by atoms with Crippen molar-refractivity contribution in [3.8, 4) is 33.9 Å². The van der Waals surface area contributed by atoms with E-state index < -0.39 is 0 Å². The van der Waals surface area contributed by atoms with E-state index in [0.717, 1.165) is 22.5 Å². The summed E-state index contributed by atoms with van der Waals surface area (Å²) in [5.74, 6) is 2.77.